The summed E-state index contributed by atoms with van der Waals surface area (Å²) in [5.74, 6) is 0.0374. The van der Waals surface area contributed by atoms with E-state index in [2.05, 4.69) is 5.32 Å². The second kappa shape index (κ2) is 4.07. The van der Waals surface area contributed by atoms with Gasteiger partial charge >= 0.3 is 0 Å². The van der Waals surface area contributed by atoms with Crippen LogP contribution in [0.15, 0.2) is 24.3 Å². The lowest BCUT2D eigenvalue weighted by molar-refractivity contribution is -0.121. The Morgan fingerprint density at radius 1 is 1.50 bits per heavy atom. The van der Waals surface area contributed by atoms with Crippen molar-refractivity contribution < 1.29 is 4.79 Å². The zero-order valence-electron chi connectivity index (χ0n) is 7.16. The summed E-state index contributed by atoms with van der Waals surface area (Å²) in [6.45, 7) is 1.82. The van der Waals surface area contributed by atoms with E-state index in [0.29, 0.717) is 6.42 Å². The molecule has 1 rings (SSSR count). The molecule has 0 aromatic rings. The molecule has 0 saturated carbocycles. The average molecular weight is 166 g/mol. The molecule has 3 nitrogen and oxygen atoms in total. The highest BCUT2D eigenvalue weighted by atomic mass is 16.1. The first-order valence-electron chi connectivity index (χ1n) is 4.14. The number of allylic oxidation sites excluding steroid dienone is 2. The number of nitrogens with two attached hydrogens (primary N) is 1. The Morgan fingerprint density at radius 3 is 2.75 bits per heavy atom. The standard InChI is InChI=1S/C9H14N2O/c1-2-9(12)11-8-6-4-3-5-7(8)10/h3-8H,2,10H2,1H3,(H,11,12). The maximum absolute atomic E-state index is 11.0. The third-order valence-electron chi connectivity index (χ3n) is 1.83. The zero-order valence-corrected chi connectivity index (χ0v) is 7.16. The molecule has 3 heteroatoms. The summed E-state index contributed by atoms with van der Waals surface area (Å²) in [5.41, 5.74) is 5.73. The number of nitrogens with one attached hydrogen (secondary N) is 1. The van der Waals surface area contributed by atoms with E-state index in [-0.39, 0.29) is 18.0 Å². The van der Waals surface area contributed by atoms with Gasteiger partial charge < -0.3 is 11.1 Å². The van der Waals surface area contributed by atoms with Gasteiger partial charge in [-0.05, 0) is 0 Å². The molecular formula is C9H14N2O. The summed E-state index contributed by atoms with van der Waals surface area (Å²) in [6, 6.07) is -0.132. The van der Waals surface area contributed by atoms with Crippen LogP contribution in [-0.2, 0) is 4.79 Å². The lowest BCUT2D eigenvalue weighted by atomic mass is 10.0. The number of hydrogen-bond donors (Lipinski definition) is 2. The summed E-state index contributed by atoms with van der Waals surface area (Å²) in [6.07, 6.45) is 8.06. The van der Waals surface area contributed by atoms with Crippen molar-refractivity contribution in [3.63, 3.8) is 0 Å². The SMILES string of the molecule is CCC(=O)NC1C=CC=CC1N. The van der Waals surface area contributed by atoms with E-state index in [1.807, 2.05) is 31.2 Å². The zero-order chi connectivity index (χ0) is 8.97. The van der Waals surface area contributed by atoms with Gasteiger partial charge in [-0.1, -0.05) is 31.2 Å². The third kappa shape index (κ3) is 2.20. The Balaban J connectivity index is 2.47. The van der Waals surface area contributed by atoms with Gasteiger partial charge in [0.2, 0.25) is 5.91 Å². The molecule has 3 N–H and O–H groups in total. The van der Waals surface area contributed by atoms with Gasteiger partial charge in [0.25, 0.3) is 0 Å². The van der Waals surface area contributed by atoms with Crippen molar-refractivity contribution in [2.75, 3.05) is 0 Å². The molecule has 1 amide bonds. The third-order valence-corrected chi connectivity index (χ3v) is 1.83. The minimum Gasteiger partial charge on any atom is -0.348 e. The number of hydrogen-bond acceptors (Lipinski definition) is 2. The predicted octanol–water partition coefficient (Wildman–Crippen LogP) is 0.334. The maximum Gasteiger partial charge on any atom is 0.220 e. The van der Waals surface area contributed by atoms with Crippen molar-refractivity contribution in [3.05, 3.63) is 24.3 Å². The van der Waals surface area contributed by atoms with Crippen LogP contribution in [0.25, 0.3) is 0 Å². The van der Waals surface area contributed by atoms with E-state index < -0.39 is 0 Å². The highest BCUT2D eigenvalue weighted by molar-refractivity contribution is 5.76. The van der Waals surface area contributed by atoms with Crippen molar-refractivity contribution >= 4 is 5.91 Å². The van der Waals surface area contributed by atoms with Gasteiger partial charge in [-0.15, -0.1) is 0 Å². The first-order chi connectivity index (χ1) is 5.74. The second-order valence-corrected chi connectivity index (χ2v) is 2.79. The molecule has 1 aliphatic carbocycles. The van der Waals surface area contributed by atoms with Crippen LogP contribution in [-0.4, -0.2) is 18.0 Å². The van der Waals surface area contributed by atoms with Crippen molar-refractivity contribution in [1.82, 2.24) is 5.32 Å². The largest absolute Gasteiger partial charge is 0.348 e. The summed E-state index contributed by atoms with van der Waals surface area (Å²) in [4.78, 5) is 11.0. The Bertz CT molecular complexity index is 221. The molecule has 0 fully saturated rings. The molecule has 0 aromatic carbocycles. The molecule has 2 atom stereocenters. The quantitative estimate of drug-likeness (QED) is 0.621. The highest BCUT2D eigenvalue weighted by Gasteiger charge is 2.15. The molecular weight excluding hydrogens is 152 g/mol. The fourth-order valence-corrected chi connectivity index (χ4v) is 1.06. The molecule has 12 heavy (non-hydrogen) atoms. The van der Waals surface area contributed by atoms with E-state index in [4.69, 9.17) is 5.73 Å². The topological polar surface area (TPSA) is 55.1 Å². The molecule has 0 saturated heterocycles. The van der Waals surface area contributed by atoms with E-state index in [0.717, 1.165) is 0 Å². The van der Waals surface area contributed by atoms with Crippen molar-refractivity contribution in [1.29, 1.82) is 0 Å². The van der Waals surface area contributed by atoms with Crippen LogP contribution in [0.5, 0.6) is 0 Å². The van der Waals surface area contributed by atoms with Gasteiger partial charge in [0, 0.05) is 12.5 Å². The van der Waals surface area contributed by atoms with E-state index in [1.54, 1.807) is 0 Å². The maximum atomic E-state index is 11.0. The smallest absolute Gasteiger partial charge is 0.220 e. The Labute approximate surface area is 72.3 Å². The van der Waals surface area contributed by atoms with Crippen LogP contribution < -0.4 is 11.1 Å². The molecule has 66 valence electrons. The van der Waals surface area contributed by atoms with Gasteiger partial charge in [-0.3, -0.25) is 4.79 Å². The fourth-order valence-electron chi connectivity index (χ4n) is 1.06. The Hall–Kier alpha value is -1.09. The lowest BCUT2D eigenvalue weighted by Gasteiger charge is -2.21. The van der Waals surface area contributed by atoms with Gasteiger partial charge in [-0.2, -0.15) is 0 Å². The molecule has 0 bridgehead atoms. The van der Waals surface area contributed by atoms with Crippen LogP contribution in [0.1, 0.15) is 13.3 Å². The summed E-state index contributed by atoms with van der Waals surface area (Å²) >= 11 is 0. The normalized spacial score (nSPS) is 27.2. The fraction of sp³-hybridized carbons (Fsp3) is 0.444. The highest BCUT2D eigenvalue weighted by Crippen LogP contribution is 2.02. The van der Waals surface area contributed by atoms with Gasteiger partial charge in [0.1, 0.15) is 0 Å². The van der Waals surface area contributed by atoms with Crippen LogP contribution in [0.4, 0.5) is 0 Å². The van der Waals surface area contributed by atoms with E-state index in [9.17, 15) is 4.79 Å². The summed E-state index contributed by atoms with van der Waals surface area (Å²) in [5, 5.41) is 2.82. The summed E-state index contributed by atoms with van der Waals surface area (Å²) < 4.78 is 0. The van der Waals surface area contributed by atoms with Gasteiger partial charge in [0.15, 0.2) is 0 Å². The van der Waals surface area contributed by atoms with E-state index in [1.165, 1.54) is 0 Å². The lowest BCUT2D eigenvalue weighted by Crippen LogP contribution is -2.45. The van der Waals surface area contributed by atoms with Crippen molar-refractivity contribution in [2.45, 2.75) is 25.4 Å². The first-order valence-corrected chi connectivity index (χ1v) is 4.14. The molecule has 1 aliphatic rings. The Kier molecular flexibility index (Phi) is 3.05. The van der Waals surface area contributed by atoms with Crippen molar-refractivity contribution in [3.8, 4) is 0 Å². The van der Waals surface area contributed by atoms with Gasteiger partial charge in [-0.25, -0.2) is 0 Å². The first kappa shape index (κ1) is 9.00. The number of carbonyl (C=O) groups is 1. The Morgan fingerprint density at radius 2 is 2.17 bits per heavy atom. The molecule has 0 spiro atoms. The van der Waals surface area contributed by atoms with Gasteiger partial charge in [0.05, 0.1) is 6.04 Å². The predicted molar refractivity (Wildman–Crippen MR) is 48.5 cm³/mol. The molecule has 0 aliphatic heterocycles. The minimum atomic E-state index is -0.0921. The monoisotopic (exact) mass is 166 g/mol. The van der Waals surface area contributed by atoms with Crippen LogP contribution in [0.3, 0.4) is 0 Å². The van der Waals surface area contributed by atoms with Crippen LogP contribution in [0.2, 0.25) is 0 Å². The number of carbonyl (C=O) groups excluding carboxylic acids is 1. The van der Waals surface area contributed by atoms with E-state index >= 15 is 0 Å². The number of rotatable bonds is 2. The van der Waals surface area contributed by atoms with Crippen molar-refractivity contribution in [2.24, 2.45) is 5.73 Å². The minimum absolute atomic E-state index is 0.0374. The number of amides is 1. The van der Waals surface area contributed by atoms with Crippen LogP contribution >= 0.6 is 0 Å². The molecule has 2 unspecified atom stereocenters. The molecule has 0 radical (unpaired) electrons. The summed E-state index contributed by atoms with van der Waals surface area (Å²) in [7, 11) is 0. The average Bonchev–Trinajstić information content (AvgIpc) is 2.09. The second-order valence-electron chi connectivity index (χ2n) is 2.79. The molecule has 0 heterocycles. The molecule has 0 aromatic heterocycles. The van der Waals surface area contributed by atoms with Crippen LogP contribution in [0, 0.1) is 0 Å².